The SMILES string of the molecule is C.CC(=O)CCC(=O)C(C)C.CC(=O)CCCC(C)C. The smallest absolute Gasteiger partial charge is 0.135 e. The van der Waals surface area contributed by atoms with E-state index in [2.05, 4.69) is 13.8 Å². The molecule has 0 unspecified atom stereocenters. The molecule has 0 spiro atoms. The average Bonchev–Trinajstić information content (AvgIpc) is 2.25. The van der Waals surface area contributed by atoms with Crippen LogP contribution in [-0.2, 0) is 14.4 Å². The third-order valence-corrected chi connectivity index (χ3v) is 2.68. The first-order chi connectivity index (χ1) is 8.66. The van der Waals surface area contributed by atoms with E-state index in [1.807, 2.05) is 13.8 Å². The molecule has 0 atom stereocenters. The van der Waals surface area contributed by atoms with Crippen molar-refractivity contribution in [1.82, 2.24) is 0 Å². The highest BCUT2D eigenvalue weighted by molar-refractivity contribution is 5.85. The van der Waals surface area contributed by atoms with Crippen LogP contribution in [0.15, 0.2) is 0 Å². The molecule has 3 nitrogen and oxygen atoms in total. The van der Waals surface area contributed by atoms with Crippen molar-refractivity contribution in [3.05, 3.63) is 0 Å². The molecule has 0 aliphatic heterocycles. The lowest BCUT2D eigenvalue weighted by Gasteiger charge is -2.00. The van der Waals surface area contributed by atoms with Gasteiger partial charge in [0.15, 0.2) is 0 Å². The topological polar surface area (TPSA) is 51.2 Å². The standard InChI is InChI=1S/C8H14O2.C8H16O.CH4/c1-6(2)8(10)5-4-7(3)9;1-7(2)5-4-6-8(3)9;/h6H,4-5H2,1-3H3;7H,4-6H2,1-3H3;1H4. The Labute approximate surface area is 125 Å². The fourth-order valence-corrected chi connectivity index (χ4v) is 1.35. The highest BCUT2D eigenvalue weighted by atomic mass is 16.1. The zero-order chi connectivity index (χ0) is 15.4. The summed E-state index contributed by atoms with van der Waals surface area (Å²) in [5.74, 6) is 1.39. The van der Waals surface area contributed by atoms with Gasteiger partial charge in [-0.25, -0.2) is 0 Å². The van der Waals surface area contributed by atoms with Gasteiger partial charge >= 0.3 is 0 Å². The molecule has 0 fully saturated rings. The van der Waals surface area contributed by atoms with E-state index in [-0.39, 0.29) is 24.9 Å². The van der Waals surface area contributed by atoms with Gasteiger partial charge in [0.2, 0.25) is 0 Å². The maximum absolute atomic E-state index is 10.9. The molecule has 120 valence electrons. The Balaban J connectivity index is -0.000000277. The summed E-state index contributed by atoms with van der Waals surface area (Å²) in [5, 5.41) is 0. The molecule has 3 heteroatoms. The third kappa shape index (κ3) is 22.2. The molecule has 0 radical (unpaired) electrons. The first-order valence-corrected chi connectivity index (χ1v) is 7.18. The summed E-state index contributed by atoms with van der Waals surface area (Å²) in [6, 6.07) is 0. The summed E-state index contributed by atoms with van der Waals surface area (Å²) in [6.07, 6.45) is 3.81. The molecule has 0 rings (SSSR count). The van der Waals surface area contributed by atoms with Gasteiger partial charge in [0.05, 0.1) is 0 Å². The minimum Gasteiger partial charge on any atom is -0.300 e. The van der Waals surface area contributed by atoms with Crippen LogP contribution in [0.1, 0.15) is 81.1 Å². The number of hydrogen-bond donors (Lipinski definition) is 0. The van der Waals surface area contributed by atoms with Crippen LogP contribution in [0.3, 0.4) is 0 Å². The molecule has 0 aromatic rings. The van der Waals surface area contributed by atoms with Crippen molar-refractivity contribution in [1.29, 1.82) is 0 Å². The molecule has 0 amide bonds. The van der Waals surface area contributed by atoms with E-state index in [4.69, 9.17) is 0 Å². The second kappa shape index (κ2) is 14.4. The predicted molar refractivity (Wildman–Crippen MR) is 85.9 cm³/mol. The molecule has 0 heterocycles. The molecule has 0 aromatic carbocycles. The van der Waals surface area contributed by atoms with Gasteiger partial charge in [-0.1, -0.05) is 41.5 Å². The van der Waals surface area contributed by atoms with E-state index in [1.54, 1.807) is 6.92 Å². The van der Waals surface area contributed by atoms with Crippen LogP contribution in [0, 0.1) is 11.8 Å². The summed E-state index contributed by atoms with van der Waals surface area (Å²) in [6.45, 7) is 11.2. The van der Waals surface area contributed by atoms with Crippen molar-refractivity contribution in [2.45, 2.75) is 81.1 Å². The van der Waals surface area contributed by atoms with Crippen molar-refractivity contribution in [2.24, 2.45) is 11.8 Å². The van der Waals surface area contributed by atoms with Crippen LogP contribution in [0.5, 0.6) is 0 Å². The molecule has 0 aromatic heterocycles. The highest BCUT2D eigenvalue weighted by Gasteiger charge is 2.07. The molecule has 0 bridgehead atoms. The van der Waals surface area contributed by atoms with E-state index >= 15 is 0 Å². The minimum absolute atomic E-state index is 0. The fraction of sp³-hybridized carbons (Fsp3) is 0.824. The summed E-state index contributed by atoms with van der Waals surface area (Å²) < 4.78 is 0. The summed E-state index contributed by atoms with van der Waals surface area (Å²) >= 11 is 0. The molecule has 0 saturated heterocycles. The Morgan fingerprint density at radius 2 is 1.25 bits per heavy atom. The first kappa shape index (κ1) is 24.1. The zero-order valence-electron chi connectivity index (χ0n) is 13.4. The van der Waals surface area contributed by atoms with Gasteiger partial charge in [-0.15, -0.1) is 0 Å². The van der Waals surface area contributed by atoms with E-state index < -0.39 is 0 Å². The van der Waals surface area contributed by atoms with Gasteiger partial charge in [0.1, 0.15) is 17.3 Å². The normalized spacial score (nSPS) is 9.60. The van der Waals surface area contributed by atoms with Crippen LogP contribution >= 0.6 is 0 Å². The first-order valence-electron chi connectivity index (χ1n) is 7.18. The van der Waals surface area contributed by atoms with Crippen molar-refractivity contribution < 1.29 is 14.4 Å². The Hall–Kier alpha value is -0.990. The largest absolute Gasteiger partial charge is 0.300 e. The van der Waals surface area contributed by atoms with Gasteiger partial charge in [0.25, 0.3) is 0 Å². The number of carbonyl (C=O) groups is 3. The highest BCUT2D eigenvalue weighted by Crippen LogP contribution is 2.05. The van der Waals surface area contributed by atoms with Crippen LogP contribution in [0.25, 0.3) is 0 Å². The maximum Gasteiger partial charge on any atom is 0.135 e. The predicted octanol–water partition coefficient (Wildman–Crippen LogP) is 4.62. The van der Waals surface area contributed by atoms with Crippen LogP contribution in [0.4, 0.5) is 0 Å². The lowest BCUT2D eigenvalue weighted by Crippen LogP contribution is -2.08. The quantitative estimate of drug-likeness (QED) is 0.654. The minimum atomic E-state index is 0. The maximum atomic E-state index is 10.9. The summed E-state index contributed by atoms with van der Waals surface area (Å²) in [5.41, 5.74) is 0. The summed E-state index contributed by atoms with van der Waals surface area (Å²) in [4.78, 5) is 31.7. The molecule has 0 N–H and O–H groups in total. The van der Waals surface area contributed by atoms with Crippen LogP contribution in [-0.4, -0.2) is 17.3 Å². The van der Waals surface area contributed by atoms with E-state index in [0.717, 1.165) is 18.8 Å². The lowest BCUT2D eigenvalue weighted by atomic mass is 10.0. The molecule has 0 aliphatic rings. The number of rotatable bonds is 8. The van der Waals surface area contributed by atoms with Gasteiger partial charge in [-0.3, -0.25) is 4.79 Å². The van der Waals surface area contributed by atoms with Gasteiger partial charge in [-0.05, 0) is 26.2 Å². The van der Waals surface area contributed by atoms with Crippen molar-refractivity contribution in [2.75, 3.05) is 0 Å². The fourth-order valence-electron chi connectivity index (χ4n) is 1.35. The van der Waals surface area contributed by atoms with E-state index in [0.29, 0.717) is 18.6 Å². The second-order valence-corrected chi connectivity index (χ2v) is 5.81. The molecule has 0 aliphatic carbocycles. The third-order valence-electron chi connectivity index (χ3n) is 2.68. The van der Waals surface area contributed by atoms with Crippen LogP contribution in [0.2, 0.25) is 0 Å². The number of hydrogen-bond acceptors (Lipinski definition) is 3. The Bertz CT molecular complexity index is 278. The number of ketones is 3. The number of carbonyl (C=O) groups excluding carboxylic acids is 3. The second-order valence-electron chi connectivity index (χ2n) is 5.81. The lowest BCUT2D eigenvalue weighted by molar-refractivity contribution is -0.125. The van der Waals surface area contributed by atoms with Gasteiger partial charge < -0.3 is 9.59 Å². The molecular weight excluding hydrogens is 252 g/mol. The van der Waals surface area contributed by atoms with Crippen molar-refractivity contribution in [3.63, 3.8) is 0 Å². The Kier molecular flexibility index (Phi) is 17.3. The van der Waals surface area contributed by atoms with Gasteiger partial charge in [0, 0.05) is 25.2 Å². The zero-order valence-corrected chi connectivity index (χ0v) is 13.4. The Morgan fingerprint density at radius 1 is 0.800 bits per heavy atom. The monoisotopic (exact) mass is 286 g/mol. The van der Waals surface area contributed by atoms with E-state index in [1.165, 1.54) is 13.3 Å². The van der Waals surface area contributed by atoms with Gasteiger partial charge in [-0.2, -0.15) is 0 Å². The van der Waals surface area contributed by atoms with Crippen molar-refractivity contribution >= 4 is 17.3 Å². The average molecular weight is 286 g/mol. The number of Topliss-reactive ketones (excluding diaryl/α,β-unsaturated/α-hetero) is 3. The molecule has 20 heavy (non-hydrogen) atoms. The molecule has 0 saturated carbocycles. The van der Waals surface area contributed by atoms with Crippen LogP contribution < -0.4 is 0 Å². The summed E-state index contributed by atoms with van der Waals surface area (Å²) in [7, 11) is 0. The van der Waals surface area contributed by atoms with Crippen molar-refractivity contribution in [3.8, 4) is 0 Å². The molecular formula is C17H34O3. The Morgan fingerprint density at radius 3 is 1.55 bits per heavy atom. The van der Waals surface area contributed by atoms with E-state index in [9.17, 15) is 14.4 Å².